The molecule has 1 aromatic heterocycles. The molecule has 1 heterocycles. The van der Waals surface area contributed by atoms with Gasteiger partial charge in [0.05, 0.1) is 6.20 Å². The second-order valence-corrected chi connectivity index (χ2v) is 7.51. The number of amides is 1. The van der Waals surface area contributed by atoms with Gasteiger partial charge >= 0.3 is 18.2 Å². The summed E-state index contributed by atoms with van der Waals surface area (Å²) in [6.45, 7) is 10.2. The summed E-state index contributed by atoms with van der Waals surface area (Å²) in [6.07, 6.45) is 1.14. The maximum Gasteiger partial charge on any atom is 0.435 e. The lowest BCUT2D eigenvalue weighted by Crippen LogP contribution is -2.44. The predicted molar refractivity (Wildman–Crippen MR) is 88.4 cm³/mol. The smallest absolute Gasteiger partial charge is 0.435 e. The largest absolute Gasteiger partial charge is 0.480 e. The van der Waals surface area contributed by atoms with E-state index in [1.165, 1.54) is 12.4 Å². The van der Waals surface area contributed by atoms with Crippen molar-refractivity contribution in [2.45, 2.75) is 65.2 Å². The Morgan fingerprint density at radius 3 is 2.20 bits per heavy atom. The number of nitrogens with one attached hydrogen (secondary N) is 1. The molecule has 0 saturated carbocycles. The van der Waals surface area contributed by atoms with E-state index < -0.39 is 35.4 Å². The minimum absolute atomic E-state index is 0.0582. The first-order valence-electron chi connectivity index (χ1n) is 7.76. The molecule has 0 aliphatic carbocycles. The Morgan fingerprint density at radius 1 is 1.16 bits per heavy atom. The predicted octanol–water partition coefficient (Wildman–Crippen LogP) is 2.19. The second-order valence-electron chi connectivity index (χ2n) is 7.51. The zero-order chi connectivity index (χ0) is 19.4. The van der Waals surface area contributed by atoms with Crippen molar-refractivity contribution in [2.75, 3.05) is 0 Å². The standard InChI is InChI=1S/C16H25N3O6/c1-15(2,3)24-13(22)18-11(12(20)21)7-10-8-17-19(9-10)14(23)25-16(4,5)6/h8-9,11H,7H2,1-6H3,(H,18,22)(H,20,21)/t11-/m0/s1. The summed E-state index contributed by atoms with van der Waals surface area (Å²) in [5, 5.41) is 15.4. The summed E-state index contributed by atoms with van der Waals surface area (Å²) in [7, 11) is 0. The Labute approximate surface area is 146 Å². The van der Waals surface area contributed by atoms with Gasteiger partial charge in [-0.15, -0.1) is 0 Å². The molecule has 0 aliphatic heterocycles. The molecule has 2 N–H and O–H groups in total. The van der Waals surface area contributed by atoms with E-state index in [0.717, 1.165) is 4.68 Å². The third kappa shape index (κ3) is 7.69. The lowest BCUT2D eigenvalue weighted by atomic mass is 10.1. The number of hydrogen-bond acceptors (Lipinski definition) is 6. The van der Waals surface area contributed by atoms with Gasteiger partial charge in [-0.05, 0) is 47.1 Å². The SMILES string of the molecule is CC(C)(C)OC(=O)N[C@@H](Cc1cnn(C(=O)OC(C)(C)C)c1)C(=O)O. The number of hydrogen-bond donors (Lipinski definition) is 2. The molecule has 1 atom stereocenters. The van der Waals surface area contributed by atoms with Crippen molar-refractivity contribution in [2.24, 2.45) is 0 Å². The second kappa shape index (κ2) is 7.54. The number of ether oxygens (including phenoxy) is 2. The number of aromatic nitrogens is 2. The van der Waals surface area contributed by atoms with Crippen LogP contribution in [0.15, 0.2) is 12.4 Å². The van der Waals surface area contributed by atoms with E-state index in [0.29, 0.717) is 5.56 Å². The van der Waals surface area contributed by atoms with Crippen molar-refractivity contribution in [3.63, 3.8) is 0 Å². The number of carboxylic acid groups (broad SMARTS) is 1. The van der Waals surface area contributed by atoms with Gasteiger partial charge in [-0.2, -0.15) is 9.78 Å². The first-order chi connectivity index (χ1) is 11.3. The number of alkyl carbamates (subject to hydrolysis) is 1. The molecule has 140 valence electrons. The minimum atomic E-state index is -1.23. The molecule has 0 unspecified atom stereocenters. The fourth-order valence-corrected chi connectivity index (χ4v) is 1.76. The summed E-state index contributed by atoms with van der Waals surface area (Å²) >= 11 is 0. The summed E-state index contributed by atoms with van der Waals surface area (Å²) in [5.41, 5.74) is -0.964. The van der Waals surface area contributed by atoms with Crippen molar-refractivity contribution < 1.29 is 29.0 Å². The van der Waals surface area contributed by atoms with Gasteiger partial charge in [0.1, 0.15) is 17.2 Å². The molecule has 0 bridgehead atoms. The number of aliphatic carboxylic acids is 1. The molecule has 0 fully saturated rings. The van der Waals surface area contributed by atoms with E-state index in [9.17, 15) is 19.5 Å². The quantitative estimate of drug-likeness (QED) is 0.849. The van der Waals surface area contributed by atoms with Crippen LogP contribution in [-0.4, -0.2) is 50.3 Å². The van der Waals surface area contributed by atoms with Gasteiger partial charge in [0.2, 0.25) is 0 Å². The Kier molecular flexibility index (Phi) is 6.17. The first-order valence-corrected chi connectivity index (χ1v) is 7.76. The molecule has 0 spiro atoms. The normalized spacial score (nSPS) is 13.0. The molecular weight excluding hydrogens is 330 g/mol. The highest BCUT2D eigenvalue weighted by atomic mass is 16.6. The van der Waals surface area contributed by atoms with E-state index in [2.05, 4.69) is 10.4 Å². The van der Waals surface area contributed by atoms with Gasteiger partial charge in [-0.25, -0.2) is 14.4 Å². The molecule has 1 amide bonds. The van der Waals surface area contributed by atoms with Crippen LogP contribution < -0.4 is 5.32 Å². The van der Waals surface area contributed by atoms with Crippen LogP contribution in [0, 0.1) is 0 Å². The van der Waals surface area contributed by atoms with Gasteiger partial charge in [-0.1, -0.05) is 0 Å². The topological polar surface area (TPSA) is 120 Å². The molecule has 0 aromatic carbocycles. The average Bonchev–Trinajstić information content (AvgIpc) is 2.82. The number of carbonyl (C=O) groups is 3. The third-order valence-electron chi connectivity index (χ3n) is 2.65. The highest BCUT2D eigenvalue weighted by molar-refractivity contribution is 5.80. The van der Waals surface area contributed by atoms with Gasteiger partial charge < -0.3 is 19.9 Å². The van der Waals surface area contributed by atoms with E-state index in [-0.39, 0.29) is 6.42 Å². The zero-order valence-corrected chi connectivity index (χ0v) is 15.3. The number of rotatable bonds is 4. The first kappa shape index (κ1) is 20.5. The van der Waals surface area contributed by atoms with Crippen LogP contribution in [0.5, 0.6) is 0 Å². The Balaban J connectivity index is 2.76. The van der Waals surface area contributed by atoms with E-state index in [1.807, 2.05) is 0 Å². The van der Waals surface area contributed by atoms with Crippen LogP contribution in [0.3, 0.4) is 0 Å². The molecule has 0 aliphatic rings. The summed E-state index contributed by atoms with van der Waals surface area (Å²) < 4.78 is 11.2. The van der Waals surface area contributed by atoms with Crippen molar-refractivity contribution in [3.8, 4) is 0 Å². The van der Waals surface area contributed by atoms with Crippen molar-refractivity contribution in [1.29, 1.82) is 0 Å². The summed E-state index contributed by atoms with van der Waals surface area (Å²) in [6, 6.07) is -1.22. The Bertz CT molecular complexity index is 639. The van der Waals surface area contributed by atoms with E-state index in [4.69, 9.17) is 9.47 Å². The van der Waals surface area contributed by atoms with Crippen LogP contribution in [0.1, 0.15) is 47.1 Å². The summed E-state index contributed by atoms with van der Waals surface area (Å²) in [4.78, 5) is 35.0. The monoisotopic (exact) mass is 355 g/mol. The molecule has 0 radical (unpaired) electrons. The summed E-state index contributed by atoms with van der Waals surface area (Å²) in [5.74, 6) is -1.23. The van der Waals surface area contributed by atoms with Gasteiger partial charge in [0.25, 0.3) is 0 Å². The maximum absolute atomic E-state index is 11.9. The number of nitrogens with zero attached hydrogens (tertiary/aromatic N) is 2. The zero-order valence-electron chi connectivity index (χ0n) is 15.3. The van der Waals surface area contributed by atoms with Gasteiger partial charge in [-0.3, -0.25) is 0 Å². The van der Waals surface area contributed by atoms with E-state index >= 15 is 0 Å². The molecule has 25 heavy (non-hydrogen) atoms. The van der Waals surface area contributed by atoms with Crippen molar-refractivity contribution in [1.82, 2.24) is 15.1 Å². The average molecular weight is 355 g/mol. The lowest BCUT2D eigenvalue weighted by Gasteiger charge is -2.21. The molecule has 1 rings (SSSR count). The Morgan fingerprint density at radius 2 is 1.72 bits per heavy atom. The Hall–Kier alpha value is -2.58. The molecule has 0 saturated heterocycles. The van der Waals surface area contributed by atoms with Gasteiger partial charge in [0, 0.05) is 12.6 Å². The fourth-order valence-electron chi connectivity index (χ4n) is 1.76. The van der Waals surface area contributed by atoms with Crippen LogP contribution in [0.25, 0.3) is 0 Å². The highest BCUT2D eigenvalue weighted by Crippen LogP contribution is 2.11. The van der Waals surface area contributed by atoms with Crippen LogP contribution in [0.2, 0.25) is 0 Å². The van der Waals surface area contributed by atoms with Crippen LogP contribution in [-0.2, 0) is 20.7 Å². The molecule has 9 heteroatoms. The van der Waals surface area contributed by atoms with Crippen molar-refractivity contribution >= 4 is 18.2 Å². The maximum atomic E-state index is 11.9. The fraction of sp³-hybridized carbons (Fsp3) is 0.625. The number of carboxylic acids is 1. The lowest BCUT2D eigenvalue weighted by molar-refractivity contribution is -0.139. The number of carbonyl (C=O) groups excluding carboxylic acids is 2. The van der Waals surface area contributed by atoms with Gasteiger partial charge in [0.15, 0.2) is 0 Å². The highest BCUT2D eigenvalue weighted by Gasteiger charge is 2.25. The van der Waals surface area contributed by atoms with Crippen molar-refractivity contribution in [3.05, 3.63) is 18.0 Å². The molecule has 1 aromatic rings. The molecular formula is C16H25N3O6. The minimum Gasteiger partial charge on any atom is -0.480 e. The molecule has 9 nitrogen and oxygen atoms in total. The van der Waals surface area contributed by atoms with Crippen LogP contribution >= 0.6 is 0 Å². The third-order valence-corrected chi connectivity index (χ3v) is 2.65. The van der Waals surface area contributed by atoms with E-state index in [1.54, 1.807) is 41.5 Å². The van der Waals surface area contributed by atoms with Crippen LogP contribution in [0.4, 0.5) is 9.59 Å².